The van der Waals surface area contributed by atoms with Crippen molar-refractivity contribution < 1.29 is 22.7 Å². The van der Waals surface area contributed by atoms with Gasteiger partial charge >= 0.3 is 12.1 Å². The first-order valence-corrected chi connectivity index (χ1v) is 4.25. The standard InChI is InChI=1S/C9H6F3N3O2/c1-17-8(16)6-3-2-5(9(10,11)12)4-7(6)14-15-13/h2-4H,1H3. The van der Waals surface area contributed by atoms with Crippen molar-refractivity contribution in [3.05, 3.63) is 39.8 Å². The molecule has 0 saturated carbocycles. The Morgan fingerprint density at radius 3 is 2.59 bits per heavy atom. The largest absolute Gasteiger partial charge is 0.465 e. The van der Waals surface area contributed by atoms with Gasteiger partial charge in [-0.25, -0.2) is 4.79 Å². The van der Waals surface area contributed by atoms with E-state index in [-0.39, 0.29) is 5.56 Å². The number of alkyl halides is 3. The minimum Gasteiger partial charge on any atom is -0.465 e. The van der Waals surface area contributed by atoms with E-state index in [0.29, 0.717) is 12.1 Å². The fourth-order valence-electron chi connectivity index (χ4n) is 1.12. The second-order valence-electron chi connectivity index (χ2n) is 2.91. The molecule has 0 aromatic heterocycles. The number of halogens is 3. The molecule has 90 valence electrons. The zero-order valence-corrected chi connectivity index (χ0v) is 8.52. The second-order valence-corrected chi connectivity index (χ2v) is 2.91. The highest BCUT2D eigenvalue weighted by Gasteiger charge is 2.31. The van der Waals surface area contributed by atoms with Gasteiger partial charge in [-0.3, -0.25) is 0 Å². The number of ether oxygens (including phenoxy) is 1. The lowest BCUT2D eigenvalue weighted by Gasteiger charge is -2.09. The van der Waals surface area contributed by atoms with Crippen LogP contribution in [0.5, 0.6) is 0 Å². The summed E-state index contributed by atoms with van der Waals surface area (Å²) in [6.45, 7) is 0. The van der Waals surface area contributed by atoms with Crippen LogP contribution in [0.3, 0.4) is 0 Å². The van der Waals surface area contributed by atoms with E-state index in [1.165, 1.54) is 0 Å². The van der Waals surface area contributed by atoms with Crippen LogP contribution in [0, 0.1) is 0 Å². The summed E-state index contributed by atoms with van der Waals surface area (Å²) < 4.78 is 41.5. The molecule has 0 N–H and O–H groups in total. The number of methoxy groups -OCH3 is 1. The van der Waals surface area contributed by atoms with Gasteiger partial charge < -0.3 is 4.74 Å². The number of azide groups is 1. The van der Waals surface area contributed by atoms with Crippen molar-refractivity contribution in [2.75, 3.05) is 7.11 Å². The molecule has 0 radical (unpaired) electrons. The maximum atomic E-state index is 12.4. The third kappa shape index (κ3) is 2.88. The molecule has 0 heterocycles. The van der Waals surface area contributed by atoms with Crippen LogP contribution < -0.4 is 0 Å². The van der Waals surface area contributed by atoms with Crippen LogP contribution in [0.25, 0.3) is 10.4 Å². The average molecular weight is 245 g/mol. The summed E-state index contributed by atoms with van der Waals surface area (Å²) >= 11 is 0. The Kier molecular flexibility index (Phi) is 3.59. The first kappa shape index (κ1) is 12.9. The van der Waals surface area contributed by atoms with Gasteiger partial charge in [0.25, 0.3) is 0 Å². The van der Waals surface area contributed by atoms with Crippen LogP contribution in [-0.2, 0) is 10.9 Å². The van der Waals surface area contributed by atoms with Gasteiger partial charge in [0, 0.05) is 4.91 Å². The van der Waals surface area contributed by atoms with Crippen LogP contribution in [-0.4, -0.2) is 13.1 Å². The minimum atomic E-state index is -4.58. The van der Waals surface area contributed by atoms with E-state index >= 15 is 0 Å². The van der Waals surface area contributed by atoms with Crippen LogP contribution in [0.4, 0.5) is 18.9 Å². The van der Waals surface area contributed by atoms with E-state index < -0.39 is 23.4 Å². The number of carbonyl (C=O) groups excluding carboxylic acids is 1. The Hall–Kier alpha value is -2.21. The van der Waals surface area contributed by atoms with Crippen molar-refractivity contribution in [3.63, 3.8) is 0 Å². The van der Waals surface area contributed by atoms with Gasteiger partial charge in [0.05, 0.1) is 23.9 Å². The first-order chi connectivity index (χ1) is 7.90. The lowest BCUT2D eigenvalue weighted by Crippen LogP contribution is -2.07. The molecule has 5 nitrogen and oxygen atoms in total. The van der Waals surface area contributed by atoms with Gasteiger partial charge in [0.1, 0.15) is 0 Å². The van der Waals surface area contributed by atoms with E-state index in [4.69, 9.17) is 5.53 Å². The zero-order valence-electron chi connectivity index (χ0n) is 8.52. The number of hydrogen-bond acceptors (Lipinski definition) is 3. The van der Waals surface area contributed by atoms with E-state index in [0.717, 1.165) is 13.2 Å². The first-order valence-electron chi connectivity index (χ1n) is 4.25. The molecule has 1 rings (SSSR count). The van der Waals surface area contributed by atoms with Crippen LogP contribution in [0.15, 0.2) is 23.3 Å². The smallest absolute Gasteiger partial charge is 0.416 e. The molecule has 0 saturated heterocycles. The predicted octanol–water partition coefficient (Wildman–Crippen LogP) is 3.43. The number of nitrogens with zero attached hydrogens (tertiary/aromatic N) is 3. The lowest BCUT2D eigenvalue weighted by molar-refractivity contribution is -0.137. The van der Waals surface area contributed by atoms with E-state index in [9.17, 15) is 18.0 Å². The van der Waals surface area contributed by atoms with E-state index in [1.807, 2.05) is 0 Å². The van der Waals surface area contributed by atoms with Crippen molar-refractivity contribution in [1.82, 2.24) is 0 Å². The summed E-state index contributed by atoms with van der Waals surface area (Å²) in [5, 5.41) is 3.03. The second kappa shape index (κ2) is 4.75. The third-order valence-corrected chi connectivity index (χ3v) is 1.88. The number of esters is 1. The molecule has 1 aromatic carbocycles. The Balaban J connectivity index is 3.37. The molecule has 0 aliphatic rings. The molecule has 1 aromatic rings. The molecule has 8 heteroatoms. The maximum absolute atomic E-state index is 12.4. The Morgan fingerprint density at radius 2 is 2.12 bits per heavy atom. The van der Waals surface area contributed by atoms with Crippen molar-refractivity contribution in [3.8, 4) is 0 Å². The molecule has 0 fully saturated rings. The summed E-state index contributed by atoms with van der Waals surface area (Å²) in [5.74, 6) is -0.874. The topological polar surface area (TPSA) is 75.1 Å². The summed E-state index contributed by atoms with van der Waals surface area (Å²) in [4.78, 5) is 13.5. The number of rotatable bonds is 2. The molecular formula is C9H6F3N3O2. The molecule has 0 amide bonds. The van der Waals surface area contributed by atoms with Crippen molar-refractivity contribution in [1.29, 1.82) is 0 Å². The fourth-order valence-corrected chi connectivity index (χ4v) is 1.12. The lowest BCUT2D eigenvalue weighted by atomic mass is 10.1. The maximum Gasteiger partial charge on any atom is 0.416 e. The van der Waals surface area contributed by atoms with E-state index in [1.54, 1.807) is 0 Å². The summed E-state index contributed by atoms with van der Waals surface area (Å²) in [6, 6.07) is 2.20. The van der Waals surface area contributed by atoms with Gasteiger partial charge in [-0.15, -0.1) is 0 Å². The Morgan fingerprint density at radius 1 is 1.47 bits per heavy atom. The molecule has 0 aliphatic carbocycles. The minimum absolute atomic E-state index is 0.224. The van der Waals surface area contributed by atoms with Crippen LogP contribution in [0.2, 0.25) is 0 Å². The molecule has 0 unspecified atom stereocenters. The summed E-state index contributed by atoms with van der Waals surface area (Å²) in [5.41, 5.74) is 6.56. The quantitative estimate of drug-likeness (QED) is 0.346. The summed E-state index contributed by atoms with van der Waals surface area (Å²) in [6.07, 6.45) is -4.58. The number of hydrogen-bond donors (Lipinski definition) is 0. The SMILES string of the molecule is COC(=O)c1ccc(C(F)(F)F)cc1N=[N+]=[N-]. The van der Waals surface area contributed by atoms with Crippen LogP contribution >= 0.6 is 0 Å². The van der Waals surface area contributed by atoms with Crippen LogP contribution in [0.1, 0.15) is 15.9 Å². The molecule has 0 bridgehead atoms. The molecular weight excluding hydrogens is 239 g/mol. The van der Waals surface area contributed by atoms with Gasteiger partial charge in [-0.2, -0.15) is 13.2 Å². The van der Waals surface area contributed by atoms with Gasteiger partial charge in [-0.1, -0.05) is 5.11 Å². The van der Waals surface area contributed by atoms with Gasteiger partial charge in [-0.05, 0) is 23.7 Å². The Bertz CT molecular complexity index is 493. The molecule has 0 spiro atoms. The summed E-state index contributed by atoms with van der Waals surface area (Å²) in [7, 11) is 1.07. The van der Waals surface area contributed by atoms with Gasteiger partial charge in [0.2, 0.25) is 0 Å². The normalized spacial score (nSPS) is 10.6. The van der Waals surface area contributed by atoms with Crippen molar-refractivity contribution in [2.24, 2.45) is 5.11 Å². The highest BCUT2D eigenvalue weighted by atomic mass is 19.4. The average Bonchev–Trinajstić information content (AvgIpc) is 2.27. The fraction of sp³-hybridized carbons (Fsp3) is 0.222. The third-order valence-electron chi connectivity index (χ3n) is 1.88. The van der Waals surface area contributed by atoms with Gasteiger partial charge in [0.15, 0.2) is 0 Å². The zero-order chi connectivity index (χ0) is 13.1. The Labute approximate surface area is 93.4 Å². The van der Waals surface area contributed by atoms with Crippen molar-refractivity contribution in [2.45, 2.75) is 6.18 Å². The number of carbonyl (C=O) groups is 1. The predicted molar refractivity (Wildman–Crippen MR) is 51.6 cm³/mol. The highest BCUT2D eigenvalue weighted by Crippen LogP contribution is 2.33. The molecule has 17 heavy (non-hydrogen) atoms. The molecule has 0 aliphatic heterocycles. The number of benzene rings is 1. The van der Waals surface area contributed by atoms with E-state index in [2.05, 4.69) is 14.8 Å². The highest BCUT2D eigenvalue weighted by molar-refractivity contribution is 5.94. The molecule has 0 atom stereocenters. The monoisotopic (exact) mass is 245 g/mol. The van der Waals surface area contributed by atoms with Crippen molar-refractivity contribution >= 4 is 11.7 Å².